The Balaban J connectivity index is 2.68. The third kappa shape index (κ3) is 5.03. The number of hydrogen-bond donors (Lipinski definition) is 1. The van der Waals surface area contributed by atoms with Gasteiger partial charge in [-0.05, 0) is 46.8 Å². The van der Waals surface area contributed by atoms with E-state index in [0.29, 0.717) is 11.4 Å². The predicted octanol–water partition coefficient (Wildman–Crippen LogP) is 2.43. The van der Waals surface area contributed by atoms with Crippen molar-refractivity contribution in [3.63, 3.8) is 0 Å². The minimum Gasteiger partial charge on any atom is -0.350 e. The molecule has 106 valence electrons. The Kier molecular flexibility index (Phi) is 5.11. The molecule has 0 radical (unpaired) electrons. The molecule has 0 spiro atoms. The molecule has 0 fully saturated rings. The lowest BCUT2D eigenvalue weighted by Gasteiger charge is -2.24. The van der Waals surface area contributed by atoms with Crippen LogP contribution in [-0.2, 0) is 4.79 Å². The maximum atomic E-state index is 12.2. The minimum atomic E-state index is -0.279. The van der Waals surface area contributed by atoms with Gasteiger partial charge in [-0.3, -0.25) is 9.59 Å². The lowest BCUT2D eigenvalue weighted by molar-refractivity contribution is -0.123. The van der Waals surface area contributed by atoms with Crippen LogP contribution in [-0.4, -0.2) is 35.3 Å². The third-order valence-corrected chi connectivity index (χ3v) is 3.46. The minimum absolute atomic E-state index is 0.0790. The summed E-state index contributed by atoms with van der Waals surface area (Å²) in [6, 6.07) is 3.73. The largest absolute Gasteiger partial charge is 0.350 e. The van der Waals surface area contributed by atoms with Gasteiger partial charge in [0.2, 0.25) is 5.91 Å². The first kappa shape index (κ1) is 15.7. The van der Waals surface area contributed by atoms with Crippen LogP contribution in [0, 0.1) is 6.92 Å². The van der Waals surface area contributed by atoms with E-state index in [1.807, 2.05) is 46.8 Å². The molecule has 19 heavy (non-hydrogen) atoms. The number of nitrogens with zero attached hydrogens (tertiary/aromatic N) is 1. The van der Waals surface area contributed by atoms with E-state index in [2.05, 4.69) is 5.32 Å². The molecule has 1 rings (SSSR count). The zero-order chi connectivity index (χ0) is 14.6. The van der Waals surface area contributed by atoms with Crippen molar-refractivity contribution >= 4 is 23.2 Å². The zero-order valence-electron chi connectivity index (χ0n) is 12.2. The smallest absolute Gasteiger partial charge is 0.264 e. The summed E-state index contributed by atoms with van der Waals surface area (Å²) in [5, 5.41) is 2.87. The van der Waals surface area contributed by atoms with E-state index in [1.165, 1.54) is 11.3 Å². The van der Waals surface area contributed by atoms with Gasteiger partial charge in [-0.2, -0.15) is 0 Å². The molecule has 0 saturated heterocycles. The Morgan fingerprint density at radius 1 is 1.32 bits per heavy atom. The van der Waals surface area contributed by atoms with Crippen LogP contribution in [0.25, 0.3) is 0 Å². The number of nitrogens with one attached hydrogen (secondary N) is 1. The monoisotopic (exact) mass is 282 g/mol. The molecule has 5 heteroatoms. The van der Waals surface area contributed by atoms with Crippen LogP contribution in [0.15, 0.2) is 12.1 Å². The highest BCUT2D eigenvalue weighted by molar-refractivity contribution is 7.13. The fourth-order valence-corrected chi connectivity index (χ4v) is 2.50. The highest BCUT2D eigenvalue weighted by Gasteiger charge is 2.21. The van der Waals surface area contributed by atoms with Crippen LogP contribution in [0.3, 0.4) is 0 Å². The quantitative estimate of drug-likeness (QED) is 0.922. The number of amides is 2. The number of aryl methyl sites for hydroxylation is 1. The highest BCUT2D eigenvalue weighted by atomic mass is 32.1. The van der Waals surface area contributed by atoms with E-state index in [9.17, 15) is 9.59 Å². The molecule has 1 aromatic heterocycles. The molecule has 1 aromatic rings. The molecule has 0 aliphatic carbocycles. The molecule has 0 aliphatic rings. The summed E-state index contributed by atoms with van der Waals surface area (Å²) >= 11 is 1.46. The Hall–Kier alpha value is -1.36. The van der Waals surface area contributed by atoms with Crippen molar-refractivity contribution in [2.24, 2.45) is 0 Å². The standard InChI is InChI=1S/C14H22N2O2S/c1-6-16(9-12(17)15-14(3,4)5)13(18)11-8-7-10(2)19-11/h7-8H,6,9H2,1-5H3,(H,15,17). The van der Waals surface area contributed by atoms with E-state index < -0.39 is 0 Å². The number of hydrogen-bond acceptors (Lipinski definition) is 3. The molecule has 4 nitrogen and oxygen atoms in total. The van der Waals surface area contributed by atoms with Gasteiger partial charge in [-0.25, -0.2) is 0 Å². The molecule has 1 N–H and O–H groups in total. The summed E-state index contributed by atoms with van der Waals surface area (Å²) in [4.78, 5) is 27.5. The van der Waals surface area contributed by atoms with E-state index >= 15 is 0 Å². The van der Waals surface area contributed by atoms with Gasteiger partial charge in [0.25, 0.3) is 5.91 Å². The highest BCUT2D eigenvalue weighted by Crippen LogP contribution is 2.17. The van der Waals surface area contributed by atoms with Crippen molar-refractivity contribution in [1.29, 1.82) is 0 Å². The van der Waals surface area contributed by atoms with Gasteiger partial charge >= 0.3 is 0 Å². The lowest BCUT2D eigenvalue weighted by Crippen LogP contribution is -2.47. The lowest BCUT2D eigenvalue weighted by atomic mass is 10.1. The van der Waals surface area contributed by atoms with Gasteiger partial charge < -0.3 is 10.2 Å². The van der Waals surface area contributed by atoms with Gasteiger partial charge in [0.15, 0.2) is 0 Å². The van der Waals surface area contributed by atoms with Crippen molar-refractivity contribution < 1.29 is 9.59 Å². The zero-order valence-corrected chi connectivity index (χ0v) is 13.1. The van der Waals surface area contributed by atoms with Crippen molar-refractivity contribution in [1.82, 2.24) is 10.2 Å². The SMILES string of the molecule is CCN(CC(=O)NC(C)(C)C)C(=O)c1ccc(C)s1. The van der Waals surface area contributed by atoms with Crippen molar-refractivity contribution in [3.8, 4) is 0 Å². The molecular formula is C14H22N2O2S. The number of rotatable bonds is 4. The van der Waals surface area contributed by atoms with E-state index in [4.69, 9.17) is 0 Å². The molecule has 0 aromatic carbocycles. The summed E-state index contributed by atoms with van der Waals surface area (Å²) in [6.45, 7) is 10.2. The van der Waals surface area contributed by atoms with Crippen LogP contribution in [0.1, 0.15) is 42.2 Å². The second kappa shape index (κ2) is 6.19. The summed E-state index contributed by atoms with van der Waals surface area (Å²) < 4.78 is 0. The number of carbonyl (C=O) groups is 2. The van der Waals surface area contributed by atoms with Crippen LogP contribution in [0.2, 0.25) is 0 Å². The molecule has 0 atom stereocenters. The maximum absolute atomic E-state index is 12.2. The van der Waals surface area contributed by atoms with E-state index in [0.717, 1.165) is 4.88 Å². The van der Waals surface area contributed by atoms with Crippen LogP contribution in [0.5, 0.6) is 0 Å². The summed E-state index contributed by atoms with van der Waals surface area (Å²) in [6.07, 6.45) is 0. The number of carbonyl (C=O) groups excluding carboxylic acids is 2. The molecule has 1 heterocycles. The van der Waals surface area contributed by atoms with Gasteiger partial charge in [-0.1, -0.05) is 0 Å². The summed E-state index contributed by atoms with van der Waals surface area (Å²) in [5.41, 5.74) is -0.279. The topological polar surface area (TPSA) is 49.4 Å². The third-order valence-electron chi connectivity index (χ3n) is 2.47. The molecule has 0 unspecified atom stereocenters. The van der Waals surface area contributed by atoms with E-state index in [1.54, 1.807) is 4.90 Å². The van der Waals surface area contributed by atoms with Gasteiger partial charge in [-0.15, -0.1) is 11.3 Å². The predicted molar refractivity (Wildman–Crippen MR) is 78.5 cm³/mol. The summed E-state index contributed by atoms with van der Waals surface area (Å²) in [7, 11) is 0. The normalized spacial score (nSPS) is 11.2. The maximum Gasteiger partial charge on any atom is 0.264 e. The fourth-order valence-electron chi connectivity index (χ4n) is 1.66. The van der Waals surface area contributed by atoms with Gasteiger partial charge in [0.1, 0.15) is 0 Å². The molecular weight excluding hydrogens is 260 g/mol. The van der Waals surface area contributed by atoms with Crippen LogP contribution >= 0.6 is 11.3 Å². The first-order valence-electron chi connectivity index (χ1n) is 6.39. The second-order valence-corrected chi connectivity index (χ2v) is 6.82. The van der Waals surface area contributed by atoms with Gasteiger partial charge in [0, 0.05) is 17.0 Å². The Morgan fingerprint density at radius 3 is 2.37 bits per heavy atom. The summed E-state index contributed by atoms with van der Waals surface area (Å²) in [5.74, 6) is -0.208. The Bertz CT molecular complexity index is 460. The van der Waals surface area contributed by atoms with Crippen molar-refractivity contribution in [2.45, 2.75) is 40.2 Å². The van der Waals surface area contributed by atoms with Crippen molar-refractivity contribution in [3.05, 3.63) is 21.9 Å². The van der Waals surface area contributed by atoms with Gasteiger partial charge in [0.05, 0.1) is 11.4 Å². The Morgan fingerprint density at radius 2 is 1.95 bits per heavy atom. The first-order chi connectivity index (χ1) is 8.73. The van der Waals surface area contributed by atoms with Crippen LogP contribution in [0.4, 0.5) is 0 Å². The number of likely N-dealkylation sites (N-methyl/N-ethyl adjacent to an activating group) is 1. The Labute approximate surface area is 118 Å². The molecule has 2 amide bonds. The number of thiophene rings is 1. The molecule has 0 bridgehead atoms. The first-order valence-corrected chi connectivity index (χ1v) is 7.21. The van der Waals surface area contributed by atoms with Crippen molar-refractivity contribution in [2.75, 3.05) is 13.1 Å². The fraction of sp³-hybridized carbons (Fsp3) is 0.571. The average molecular weight is 282 g/mol. The second-order valence-electron chi connectivity index (χ2n) is 5.53. The molecule has 0 aliphatic heterocycles. The molecule has 0 saturated carbocycles. The van der Waals surface area contributed by atoms with Crippen LogP contribution < -0.4 is 5.32 Å². The van der Waals surface area contributed by atoms with E-state index in [-0.39, 0.29) is 23.9 Å². The average Bonchev–Trinajstić information content (AvgIpc) is 2.69.